The molecule has 4 nitrogen and oxygen atoms in total. The maximum absolute atomic E-state index is 8.78. The van der Waals surface area contributed by atoms with Crippen molar-refractivity contribution in [1.82, 2.24) is 0 Å². The minimum absolute atomic E-state index is 0.198. The number of ether oxygens (including phenoxy) is 2. The Morgan fingerprint density at radius 3 is 1.58 bits per heavy atom. The summed E-state index contributed by atoms with van der Waals surface area (Å²) in [7, 11) is 0. The number of nitriles is 2. The van der Waals surface area contributed by atoms with Gasteiger partial charge in [0.2, 0.25) is 0 Å². The molecule has 2 rings (SSSR count). The summed E-state index contributed by atoms with van der Waals surface area (Å²) < 4.78 is 9.94. The molecule has 2 aromatic carbocycles. The highest BCUT2D eigenvalue weighted by Gasteiger charge is 2.31. The van der Waals surface area contributed by atoms with Gasteiger partial charge < -0.3 is 9.47 Å². The van der Waals surface area contributed by atoms with Gasteiger partial charge in [-0.1, -0.05) is 103 Å². The molecule has 0 aliphatic carbocycles. The van der Waals surface area contributed by atoms with Crippen molar-refractivity contribution in [3.05, 3.63) is 59.7 Å². The third kappa shape index (κ3) is 8.47. The Morgan fingerprint density at radius 1 is 0.727 bits per heavy atom. The molecule has 0 radical (unpaired) electrons. The van der Waals surface area contributed by atoms with Crippen LogP contribution >= 0.6 is 0 Å². The standard InChI is InChI=1S/C29H38N2O2/c1-4-5-6-7-8-9-10-11-12-24(2)21-29(3,25-13-17-27(18-14-25)32-22-30)26-15-19-28(20-16-26)33-23-31/h13-20,24H,4-12,21H2,1-3H3. The second kappa shape index (κ2) is 14.2. The first-order chi connectivity index (χ1) is 16.0. The maximum atomic E-state index is 8.78. The lowest BCUT2D eigenvalue weighted by molar-refractivity contribution is 0.371. The SMILES string of the molecule is CCCCCCCCCCC(C)CC(C)(c1ccc(OC#N)cc1)c1ccc(OC#N)cc1. The molecule has 0 fully saturated rings. The van der Waals surface area contributed by atoms with Gasteiger partial charge in [-0.05, 0) is 47.7 Å². The van der Waals surface area contributed by atoms with Crippen molar-refractivity contribution < 1.29 is 9.47 Å². The van der Waals surface area contributed by atoms with Crippen molar-refractivity contribution in [3.63, 3.8) is 0 Å². The summed E-state index contributed by atoms with van der Waals surface area (Å²) in [4.78, 5) is 0. The van der Waals surface area contributed by atoms with E-state index >= 15 is 0 Å². The van der Waals surface area contributed by atoms with Crippen LogP contribution in [0.5, 0.6) is 11.5 Å². The summed E-state index contributed by atoms with van der Waals surface area (Å²) in [5.41, 5.74) is 2.17. The van der Waals surface area contributed by atoms with E-state index < -0.39 is 0 Å². The summed E-state index contributed by atoms with van der Waals surface area (Å²) in [5, 5.41) is 17.6. The largest absolute Gasteiger partial charge is 0.388 e. The van der Waals surface area contributed by atoms with Crippen LogP contribution in [0.4, 0.5) is 0 Å². The molecule has 0 aromatic heterocycles. The third-order valence-electron chi connectivity index (χ3n) is 6.62. The van der Waals surface area contributed by atoms with Crippen LogP contribution in [-0.4, -0.2) is 0 Å². The average Bonchev–Trinajstić information content (AvgIpc) is 2.82. The van der Waals surface area contributed by atoms with Gasteiger partial charge in [0.1, 0.15) is 11.5 Å². The number of hydrogen-bond acceptors (Lipinski definition) is 4. The van der Waals surface area contributed by atoms with Crippen molar-refractivity contribution in [2.24, 2.45) is 5.92 Å². The predicted molar refractivity (Wildman–Crippen MR) is 133 cm³/mol. The second-order valence-electron chi connectivity index (χ2n) is 9.34. The molecule has 1 atom stereocenters. The lowest BCUT2D eigenvalue weighted by Crippen LogP contribution is -2.26. The molecule has 0 saturated carbocycles. The first kappa shape index (κ1) is 26.3. The van der Waals surface area contributed by atoms with Crippen LogP contribution in [0.1, 0.15) is 96.1 Å². The minimum atomic E-state index is -0.198. The smallest absolute Gasteiger partial charge is 0.292 e. The molecule has 0 bridgehead atoms. The highest BCUT2D eigenvalue weighted by Crippen LogP contribution is 2.40. The fourth-order valence-corrected chi connectivity index (χ4v) is 4.72. The summed E-state index contributed by atoms with van der Waals surface area (Å²) in [6.45, 7) is 6.88. The molecule has 0 heterocycles. The zero-order valence-corrected chi connectivity index (χ0v) is 20.5. The topological polar surface area (TPSA) is 66.0 Å². The summed E-state index contributed by atoms with van der Waals surface area (Å²) >= 11 is 0. The van der Waals surface area contributed by atoms with Crippen LogP contribution in [0.25, 0.3) is 0 Å². The van der Waals surface area contributed by atoms with E-state index in [2.05, 4.69) is 45.0 Å². The van der Waals surface area contributed by atoms with Crippen LogP contribution in [0.3, 0.4) is 0 Å². The highest BCUT2D eigenvalue weighted by atomic mass is 16.5. The third-order valence-corrected chi connectivity index (χ3v) is 6.62. The lowest BCUT2D eigenvalue weighted by atomic mass is 9.70. The summed E-state index contributed by atoms with van der Waals surface area (Å²) in [5.74, 6) is 1.67. The Hall–Kier alpha value is -2.98. The monoisotopic (exact) mass is 446 g/mol. The Kier molecular flexibility index (Phi) is 11.3. The van der Waals surface area contributed by atoms with Gasteiger partial charge in [0, 0.05) is 5.41 Å². The van der Waals surface area contributed by atoms with Crippen molar-refractivity contribution >= 4 is 0 Å². The Labute approximate surface area is 200 Å². The molecular weight excluding hydrogens is 408 g/mol. The molecule has 0 saturated heterocycles. The molecule has 0 aliphatic heterocycles. The minimum Gasteiger partial charge on any atom is -0.388 e. The number of unbranched alkanes of at least 4 members (excludes halogenated alkanes) is 7. The number of nitrogens with zero attached hydrogens (tertiary/aromatic N) is 2. The molecule has 33 heavy (non-hydrogen) atoms. The van der Waals surface area contributed by atoms with E-state index in [0.29, 0.717) is 17.4 Å². The Morgan fingerprint density at radius 2 is 1.15 bits per heavy atom. The zero-order chi connectivity index (χ0) is 23.9. The van der Waals surface area contributed by atoms with Crippen LogP contribution in [0.15, 0.2) is 48.5 Å². The molecular formula is C29H38N2O2. The van der Waals surface area contributed by atoms with Crippen LogP contribution < -0.4 is 9.47 Å². The summed E-state index contributed by atoms with van der Waals surface area (Å²) in [6, 6.07) is 15.6. The van der Waals surface area contributed by atoms with E-state index in [4.69, 9.17) is 20.0 Å². The van der Waals surface area contributed by atoms with Gasteiger partial charge >= 0.3 is 0 Å². The number of hydrogen-bond donors (Lipinski definition) is 0. The molecule has 1 unspecified atom stereocenters. The first-order valence-corrected chi connectivity index (χ1v) is 12.4. The quantitative estimate of drug-likeness (QED) is 0.204. The normalized spacial score (nSPS) is 11.9. The average molecular weight is 447 g/mol. The van der Waals surface area contributed by atoms with E-state index in [-0.39, 0.29) is 5.41 Å². The highest BCUT2D eigenvalue weighted by molar-refractivity contribution is 5.43. The van der Waals surface area contributed by atoms with E-state index in [1.54, 1.807) is 12.5 Å². The van der Waals surface area contributed by atoms with Gasteiger partial charge in [-0.15, -0.1) is 10.5 Å². The van der Waals surface area contributed by atoms with Gasteiger partial charge in [0.05, 0.1) is 0 Å². The second-order valence-corrected chi connectivity index (χ2v) is 9.34. The van der Waals surface area contributed by atoms with Crippen LogP contribution in [0.2, 0.25) is 0 Å². The predicted octanol–water partition coefficient (Wildman–Crippen LogP) is 8.27. The van der Waals surface area contributed by atoms with E-state index in [1.807, 2.05) is 24.3 Å². The van der Waals surface area contributed by atoms with E-state index in [9.17, 15) is 0 Å². The number of benzene rings is 2. The fraction of sp³-hybridized carbons (Fsp3) is 0.517. The number of rotatable bonds is 15. The molecule has 0 amide bonds. The molecule has 4 heteroatoms. The van der Waals surface area contributed by atoms with Crippen LogP contribution in [0, 0.1) is 29.0 Å². The summed E-state index contributed by atoms with van der Waals surface area (Å²) in [6.07, 6.45) is 16.4. The van der Waals surface area contributed by atoms with Gasteiger partial charge in [-0.25, -0.2) is 0 Å². The van der Waals surface area contributed by atoms with Crippen molar-refractivity contribution in [2.45, 2.75) is 90.4 Å². The Balaban J connectivity index is 2.06. The fourth-order valence-electron chi connectivity index (χ4n) is 4.72. The van der Waals surface area contributed by atoms with E-state index in [1.165, 1.54) is 68.9 Å². The zero-order valence-electron chi connectivity index (χ0n) is 20.5. The van der Waals surface area contributed by atoms with Crippen molar-refractivity contribution in [3.8, 4) is 24.0 Å². The van der Waals surface area contributed by atoms with E-state index in [0.717, 1.165) is 6.42 Å². The lowest BCUT2D eigenvalue weighted by Gasteiger charge is -2.34. The van der Waals surface area contributed by atoms with Crippen molar-refractivity contribution in [2.75, 3.05) is 0 Å². The molecule has 0 spiro atoms. The molecule has 0 aliphatic rings. The van der Waals surface area contributed by atoms with Gasteiger partial charge in [-0.3, -0.25) is 0 Å². The van der Waals surface area contributed by atoms with Gasteiger partial charge in [-0.2, -0.15) is 0 Å². The molecule has 0 N–H and O–H groups in total. The van der Waals surface area contributed by atoms with Gasteiger partial charge in [0.15, 0.2) is 0 Å². The molecule has 176 valence electrons. The maximum Gasteiger partial charge on any atom is 0.292 e. The molecule has 2 aromatic rings. The van der Waals surface area contributed by atoms with Gasteiger partial charge in [0.25, 0.3) is 12.5 Å². The van der Waals surface area contributed by atoms with Crippen molar-refractivity contribution in [1.29, 1.82) is 10.5 Å². The first-order valence-electron chi connectivity index (χ1n) is 12.4. The Bertz CT molecular complexity index is 832. The van der Waals surface area contributed by atoms with Crippen LogP contribution in [-0.2, 0) is 5.41 Å².